The van der Waals surface area contributed by atoms with Crippen LogP contribution in [0, 0.1) is 6.92 Å². The molecule has 0 aliphatic carbocycles. The Bertz CT molecular complexity index is 580. The van der Waals surface area contributed by atoms with Crippen LogP contribution < -0.4 is 11.1 Å². The number of aryl methyl sites for hydroxylation is 1. The lowest BCUT2D eigenvalue weighted by molar-refractivity contribution is 0.0957. The van der Waals surface area contributed by atoms with Crippen molar-refractivity contribution in [2.75, 3.05) is 19.0 Å². The first-order chi connectivity index (χ1) is 8.65. The fraction of sp³-hybridized carbons (Fsp3) is 0.308. The highest BCUT2D eigenvalue weighted by molar-refractivity contribution is 7.21. The lowest BCUT2D eigenvalue weighted by Crippen LogP contribution is -2.24. The van der Waals surface area contributed by atoms with Crippen LogP contribution in [0.25, 0.3) is 10.1 Å². The van der Waals surface area contributed by atoms with E-state index in [1.807, 2.05) is 25.1 Å². The van der Waals surface area contributed by atoms with Crippen LogP contribution in [0.5, 0.6) is 0 Å². The number of carbonyl (C=O) groups excluding carboxylic acids is 1. The number of carbonyl (C=O) groups is 1. The first kappa shape index (κ1) is 12.8. The van der Waals surface area contributed by atoms with Crippen LogP contribution in [0.2, 0.25) is 0 Å². The third-order valence-corrected chi connectivity index (χ3v) is 4.11. The molecule has 96 valence electrons. The fourth-order valence-electron chi connectivity index (χ4n) is 1.80. The van der Waals surface area contributed by atoms with E-state index in [2.05, 4.69) is 5.32 Å². The molecule has 0 aliphatic rings. The van der Waals surface area contributed by atoms with Crippen molar-refractivity contribution in [2.45, 2.75) is 13.3 Å². The fourth-order valence-corrected chi connectivity index (χ4v) is 2.90. The lowest BCUT2D eigenvalue weighted by Gasteiger charge is -2.01. The molecular weight excluding hydrogens is 251 g/mol. The molecule has 18 heavy (non-hydrogen) atoms. The highest BCUT2D eigenvalue weighted by Crippen LogP contribution is 2.35. The third kappa shape index (κ3) is 2.31. The summed E-state index contributed by atoms with van der Waals surface area (Å²) in [5.74, 6) is -0.221. The van der Waals surface area contributed by atoms with E-state index in [0.717, 1.165) is 15.6 Å². The molecule has 1 heterocycles. The Morgan fingerprint density at radius 3 is 2.94 bits per heavy atom. The molecule has 0 aliphatic heterocycles. The highest BCUT2D eigenvalue weighted by atomic mass is 32.1. The van der Waals surface area contributed by atoms with E-state index in [9.17, 15) is 9.18 Å². The number of nitrogen functional groups attached to an aromatic ring is 1. The van der Waals surface area contributed by atoms with E-state index in [1.165, 1.54) is 11.3 Å². The van der Waals surface area contributed by atoms with Crippen molar-refractivity contribution in [3.8, 4) is 0 Å². The summed E-state index contributed by atoms with van der Waals surface area (Å²) in [7, 11) is 0. The minimum Gasteiger partial charge on any atom is -0.397 e. The molecule has 3 N–H and O–H groups in total. The summed E-state index contributed by atoms with van der Waals surface area (Å²) >= 11 is 1.39. The number of benzene rings is 1. The minimum atomic E-state index is -0.429. The first-order valence-corrected chi connectivity index (χ1v) is 6.58. The Balaban J connectivity index is 2.31. The maximum absolute atomic E-state index is 12.0. The predicted molar refractivity (Wildman–Crippen MR) is 73.9 cm³/mol. The predicted octanol–water partition coefficient (Wildman–Crippen LogP) is 2.88. The zero-order valence-electron chi connectivity index (χ0n) is 10.1. The number of rotatable bonds is 4. The number of nitrogens with two attached hydrogens (primary N) is 1. The number of hydrogen-bond donors (Lipinski definition) is 2. The number of hydrogen-bond acceptors (Lipinski definition) is 3. The van der Waals surface area contributed by atoms with Gasteiger partial charge in [0.1, 0.15) is 4.88 Å². The number of anilines is 1. The van der Waals surface area contributed by atoms with Gasteiger partial charge in [0.25, 0.3) is 5.91 Å². The standard InChI is InChI=1S/C13H15FN2OS/c1-8-4-2-5-9-10(15)12(18-11(8)9)13(17)16-7-3-6-14/h2,4-5H,3,6-7,15H2,1H3,(H,16,17). The maximum Gasteiger partial charge on any atom is 0.263 e. The van der Waals surface area contributed by atoms with Gasteiger partial charge in [0.05, 0.1) is 12.4 Å². The molecule has 0 saturated heterocycles. The van der Waals surface area contributed by atoms with Crippen LogP contribution in [0.15, 0.2) is 18.2 Å². The number of alkyl halides is 1. The molecule has 1 aromatic carbocycles. The van der Waals surface area contributed by atoms with Crippen LogP contribution in [0.4, 0.5) is 10.1 Å². The van der Waals surface area contributed by atoms with E-state index in [1.54, 1.807) is 0 Å². The van der Waals surface area contributed by atoms with Crippen LogP contribution in [-0.4, -0.2) is 19.1 Å². The van der Waals surface area contributed by atoms with Crippen LogP contribution in [-0.2, 0) is 0 Å². The van der Waals surface area contributed by atoms with Gasteiger partial charge in [0.15, 0.2) is 0 Å². The third-order valence-electron chi connectivity index (χ3n) is 2.75. The molecule has 2 rings (SSSR count). The second-order valence-corrected chi connectivity index (χ2v) is 5.12. The maximum atomic E-state index is 12.0. The van der Waals surface area contributed by atoms with Gasteiger partial charge in [-0.25, -0.2) is 0 Å². The van der Waals surface area contributed by atoms with Gasteiger partial charge in [-0.15, -0.1) is 11.3 Å². The number of fused-ring (bicyclic) bond motifs is 1. The lowest BCUT2D eigenvalue weighted by atomic mass is 10.1. The van der Waals surface area contributed by atoms with Gasteiger partial charge in [-0.05, 0) is 18.9 Å². The van der Waals surface area contributed by atoms with Gasteiger partial charge >= 0.3 is 0 Å². The Kier molecular flexibility index (Phi) is 3.81. The van der Waals surface area contributed by atoms with Crippen molar-refractivity contribution in [1.29, 1.82) is 0 Å². The smallest absolute Gasteiger partial charge is 0.263 e. The first-order valence-electron chi connectivity index (χ1n) is 5.77. The van der Waals surface area contributed by atoms with Crippen molar-refractivity contribution < 1.29 is 9.18 Å². The van der Waals surface area contributed by atoms with Crippen LogP contribution >= 0.6 is 11.3 Å². The van der Waals surface area contributed by atoms with Gasteiger partial charge < -0.3 is 11.1 Å². The topological polar surface area (TPSA) is 55.1 Å². The molecule has 1 aromatic heterocycles. The van der Waals surface area contributed by atoms with E-state index < -0.39 is 6.67 Å². The summed E-state index contributed by atoms with van der Waals surface area (Å²) < 4.78 is 13.0. The molecule has 1 amide bonds. The molecule has 5 heteroatoms. The Morgan fingerprint density at radius 1 is 1.50 bits per heavy atom. The highest BCUT2D eigenvalue weighted by Gasteiger charge is 2.16. The molecule has 2 aromatic rings. The average Bonchev–Trinajstić information content (AvgIpc) is 2.69. The number of halogens is 1. The summed E-state index contributed by atoms with van der Waals surface area (Å²) in [6.45, 7) is 1.90. The van der Waals surface area contributed by atoms with E-state index in [-0.39, 0.29) is 5.91 Å². The average molecular weight is 266 g/mol. The minimum absolute atomic E-state index is 0.221. The molecule has 0 radical (unpaired) electrons. The Labute approximate surface area is 109 Å². The zero-order chi connectivity index (χ0) is 13.1. The van der Waals surface area contributed by atoms with Crippen molar-refractivity contribution in [3.63, 3.8) is 0 Å². The zero-order valence-corrected chi connectivity index (χ0v) is 10.9. The number of amides is 1. The van der Waals surface area contributed by atoms with Gasteiger partial charge in [-0.2, -0.15) is 0 Å². The molecule has 0 unspecified atom stereocenters. The van der Waals surface area contributed by atoms with Gasteiger partial charge in [0, 0.05) is 16.6 Å². The second kappa shape index (κ2) is 5.35. The van der Waals surface area contributed by atoms with E-state index >= 15 is 0 Å². The summed E-state index contributed by atoms with van der Waals surface area (Å²) in [6.07, 6.45) is 0.329. The number of thiophene rings is 1. The molecule has 0 bridgehead atoms. The van der Waals surface area contributed by atoms with Crippen molar-refractivity contribution in [2.24, 2.45) is 0 Å². The van der Waals surface area contributed by atoms with Crippen molar-refractivity contribution in [3.05, 3.63) is 28.6 Å². The monoisotopic (exact) mass is 266 g/mol. The van der Waals surface area contributed by atoms with Gasteiger partial charge in [0.2, 0.25) is 0 Å². The summed E-state index contributed by atoms with van der Waals surface area (Å²) in [5.41, 5.74) is 7.60. The number of nitrogens with one attached hydrogen (secondary N) is 1. The molecule has 0 atom stereocenters. The summed E-state index contributed by atoms with van der Waals surface area (Å²) in [4.78, 5) is 12.4. The van der Waals surface area contributed by atoms with Crippen molar-refractivity contribution in [1.82, 2.24) is 5.32 Å². The Morgan fingerprint density at radius 2 is 2.28 bits per heavy atom. The Hall–Kier alpha value is -1.62. The summed E-state index contributed by atoms with van der Waals surface area (Å²) in [6, 6.07) is 5.82. The molecule has 0 spiro atoms. The SMILES string of the molecule is Cc1cccc2c(N)c(C(=O)NCCCF)sc12. The van der Waals surface area contributed by atoms with E-state index in [4.69, 9.17) is 5.73 Å². The molecule has 0 fully saturated rings. The normalized spacial score (nSPS) is 10.8. The largest absolute Gasteiger partial charge is 0.397 e. The molecular formula is C13H15FN2OS. The van der Waals surface area contributed by atoms with Crippen LogP contribution in [0.1, 0.15) is 21.7 Å². The van der Waals surface area contributed by atoms with Gasteiger partial charge in [-0.3, -0.25) is 9.18 Å². The summed E-state index contributed by atoms with van der Waals surface area (Å²) in [5, 5.41) is 3.59. The molecule has 0 saturated carbocycles. The van der Waals surface area contributed by atoms with Crippen molar-refractivity contribution >= 4 is 33.0 Å². The van der Waals surface area contributed by atoms with E-state index in [0.29, 0.717) is 23.5 Å². The quantitative estimate of drug-likeness (QED) is 0.836. The molecule has 3 nitrogen and oxygen atoms in total. The van der Waals surface area contributed by atoms with Crippen LogP contribution in [0.3, 0.4) is 0 Å². The second-order valence-electron chi connectivity index (χ2n) is 4.09. The van der Waals surface area contributed by atoms with Gasteiger partial charge in [-0.1, -0.05) is 18.2 Å².